The largest absolute Gasteiger partial charge is 0.266 e. The Morgan fingerprint density at radius 1 is 1.33 bits per heavy atom. The number of rotatable bonds is 2. The van der Waals surface area contributed by atoms with E-state index < -0.39 is 0 Å². The lowest BCUT2D eigenvalue weighted by Crippen LogP contribution is -2.21. The minimum absolute atomic E-state index is 0.276. The molecule has 0 spiro atoms. The quantitative estimate of drug-likeness (QED) is 0.796. The summed E-state index contributed by atoms with van der Waals surface area (Å²) in [7, 11) is 0. The SMILES string of the molecule is CCCn1c(=N)nc2nc(C)cc(C)n21. The van der Waals surface area contributed by atoms with Crippen LogP contribution in [0.2, 0.25) is 0 Å². The van der Waals surface area contributed by atoms with E-state index in [4.69, 9.17) is 5.41 Å². The van der Waals surface area contributed by atoms with Gasteiger partial charge in [0.2, 0.25) is 5.62 Å². The molecule has 2 rings (SSSR count). The van der Waals surface area contributed by atoms with Gasteiger partial charge in [0.15, 0.2) is 0 Å². The Labute approximate surface area is 87.9 Å². The standard InChI is InChI=1S/C10H15N5/c1-4-5-14-9(11)13-10-12-7(2)6-8(3)15(10)14/h6,11H,4-5H2,1-3H3. The maximum Gasteiger partial charge on any atom is 0.252 e. The van der Waals surface area contributed by atoms with Crippen LogP contribution in [0.3, 0.4) is 0 Å². The second-order valence-corrected chi connectivity index (χ2v) is 3.71. The third kappa shape index (κ3) is 1.54. The molecule has 1 N–H and O–H groups in total. The van der Waals surface area contributed by atoms with Gasteiger partial charge in [-0.25, -0.2) is 14.2 Å². The molecule has 2 heterocycles. The van der Waals surface area contributed by atoms with Crippen LogP contribution in [-0.4, -0.2) is 19.2 Å². The first-order valence-corrected chi connectivity index (χ1v) is 5.12. The first-order valence-electron chi connectivity index (χ1n) is 5.12. The van der Waals surface area contributed by atoms with Crippen molar-refractivity contribution in [2.75, 3.05) is 0 Å². The van der Waals surface area contributed by atoms with Crippen molar-refractivity contribution in [3.05, 3.63) is 23.1 Å². The molecule has 0 saturated carbocycles. The molecular formula is C10H15N5. The molecule has 0 atom stereocenters. The molecule has 0 radical (unpaired) electrons. The fourth-order valence-electron chi connectivity index (χ4n) is 1.79. The predicted octanol–water partition coefficient (Wildman–Crippen LogP) is 1.04. The number of aryl methyl sites for hydroxylation is 3. The Bertz CT molecular complexity index is 549. The molecule has 0 unspecified atom stereocenters. The van der Waals surface area contributed by atoms with E-state index in [1.54, 1.807) is 0 Å². The fourth-order valence-corrected chi connectivity index (χ4v) is 1.79. The van der Waals surface area contributed by atoms with Crippen LogP contribution < -0.4 is 5.62 Å². The van der Waals surface area contributed by atoms with Crippen molar-refractivity contribution in [2.45, 2.75) is 33.7 Å². The van der Waals surface area contributed by atoms with Gasteiger partial charge in [-0.3, -0.25) is 5.41 Å². The maximum absolute atomic E-state index is 7.76. The average molecular weight is 205 g/mol. The molecule has 5 heteroatoms. The average Bonchev–Trinajstić information content (AvgIpc) is 2.43. The summed E-state index contributed by atoms with van der Waals surface area (Å²) in [5, 5.41) is 7.76. The second-order valence-electron chi connectivity index (χ2n) is 3.71. The third-order valence-electron chi connectivity index (χ3n) is 2.34. The molecule has 0 fully saturated rings. The van der Waals surface area contributed by atoms with Gasteiger partial charge < -0.3 is 0 Å². The summed E-state index contributed by atoms with van der Waals surface area (Å²) in [4.78, 5) is 8.45. The molecule has 0 aliphatic rings. The fraction of sp³-hybridized carbons (Fsp3) is 0.500. The summed E-state index contributed by atoms with van der Waals surface area (Å²) >= 11 is 0. The molecule has 0 aromatic carbocycles. The zero-order valence-electron chi connectivity index (χ0n) is 9.28. The Kier molecular flexibility index (Phi) is 2.30. The Morgan fingerprint density at radius 3 is 2.73 bits per heavy atom. The van der Waals surface area contributed by atoms with E-state index in [1.807, 2.05) is 29.1 Å². The number of hydrogen-bond donors (Lipinski definition) is 1. The van der Waals surface area contributed by atoms with Gasteiger partial charge in [-0.1, -0.05) is 6.92 Å². The maximum atomic E-state index is 7.76. The van der Waals surface area contributed by atoms with Crippen LogP contribution in [-0.2, 0) is 6.54 Å². The molecular weight excluding hydrogens is 190 g/mol. The lowest BCUT2D eigenvalue weighted by molar-refractivity contribution is 0.527. The van der Waals surface area contributed by atoms with E-state index in [0.29, 0.717) is 5.78 Å². The number of fused-ring (bicyclic) bond motifs is 1. The summed E-state index contributed by atoms with van der Waals surface area (Å²) in [6.45, 7) is 6.83. The zero-order valence-corrected chi connectivity index (χ0v) is 9.28. The van der Waals surface area contributed by atoms with E-state index in [-0.39, 0.29) is 5.62 Å². The van der Waals surface area contributed by atoms with Crippen LogP contribution in [0.1, 0.15) is 24.7 Å². The summed E-state index contributed by atoms with van der Waals surface area (Å²) in [6.07, 6.45) is 0.984. The topological polar surface area (TPSA) is 59.0 Å². The Balaban J connectivity index is 2.81. The lowest BCUT2D eigenvalue weighted by Gasteiger charge is -2.07. The third-order valence-corrected chi connectivity index (χ3v) is 2.34. The molecule has 0 aliphatic carbocycles. The van der Waals surface area contributed by atoms with Crippen molar-refractivity contribution in [2.24, 2.45) is 0 Å². The van der Waals surface area contributed by atoms with Crippen LogP contribution in [0.5, 0.6) is 0 Å². The van der Waals surface area contributed by atoms with Gasteiger partial charge in [0.25, 0.3) is 5.78 Å². The van der Waals surface area contributed by atoms with E-state index in [9.17, 15) is 0 Å². The van der Waals surface area contributed by atoms with Crippen molar-refractivity contribution >= 4 is 5.78 Å². The lowest BCUT2D eigenvalue weighted by atomic mass is 10.4. The minimum atomic E-state index is 0.276. The molecule has 0 saturated heterocycles. The smallest absolute Gasteiger partial charge is 0.252 e. The highest BCUT2D eigenvalue weighted by Crippen LogP contribution is 2.03. The molecule has 80 valence electrons. The van der Waals surface area contributed by atoms with Gasteiger partial charge in [-0.15, -0.1) is 0 Å². The number of nitrogens with one attached hydrogen (secondary N) is 1. The molecule has 0 bridgehead atoms. The number of nitrogens with zero attached hydrogens (tertiary/aromatic N) is 4. The van der Waals surface area contributed by atoms with Crippen LogP contribution in [0.15, 0.2) is 6.07 Å². The predicted molar refractivity (Wildman–Crippen MR) is 56.6 cm³/mol. The van der Waals surface area contributed by atoms with Crippen LogP contribution >= 0.6 is 0 Å². The van der Waals surface area contributed by atoms with Crippen molar-refractivity contribution in [1.29, 1.82) is 5.41 Å². The van der Waals surface area contributed by atoms with Gasteiger partial charge in [-0.2, -0.15) is 4.98 Å². The van der Waals surface area contributed by atoms with Gasteiger partial charge in [0, 0.05) is 17.9 Å². The number of hydrogen-bond acceptors (Lipinski definition) is 3. The molecule has 0 amide bonds. The first-order chi connectivity index (χ1) is 7.13. The van der Waals surface area contributed by atoms with Gasteiger partial charge in [0.1, 0.15) is 0 Å². The van der Waals surface area contributed by atoms with Gasteiger partial charge >= 0.3 is 0 Å². The normalized spacial score (nSPS) is 11.1. The van der Waals surface area contributed by atoms with Crippen molar-refractivity contribution < 1.29 is 0 Å². The molecule has 2 aromatic rings. The summed E-state index contributed by atoms with van der Waals surface area (Å²) in [6, 6.07) is 2.00. The Morgan fingerprint density at radius 2 is 2.07 bits per heavy atom. The highest BCUT2D eigenvalue weighted by Gasteiger charge is 2.07. The van der Waals surface area contributed by atoms with Crippen LogP contribution in [0, 0.1) is 19.3 Å². The summed E-state index contributed by atoms with van der Waals surface area (Å²) in [5.41, 5.74) is 2.28. The summed E-state index contributed by atoms with van der Waals surface area (Å²) < 4.78 is 3.75. The first kappa shape index (κ1) is 9.89. The van der Waals surface area contributed by atoms with Crippen molar-refractivity contribution in [3.63, 3.8) is 0 Å². The molecule has 15 heavy (non-hydrogen) atoms. The highest BCUT2D eigenvalue weighted by molar-refractivity contribution is 5.29. The van der Waals surface area contributed by atoms with Gasteiger partial charge in [-0.05, 0) is 26.3 Å². The summed E-state index contributed by atoms with van der Waals surface area (Å²) in [5.74, 6) is 0.617. The minimum Gasteiger partial charge on any atom is -0.266 e. The van der Waals surface area contributed by atoms with Gasteiger partial charge in [0.05, 0.1) is 0 Å². The van der Waals surface area contributed by atoms with Crippen LogP contribution in [0.25, 0.3) is 5.78 Å². The van der Waals surface area contributed by atoms with Crippen LogP contribution in [0.4, 0.5) is 0 Å². The van der Waals surface area contributed by atoms with E-state index in [0.717, 1.165) is 24.4 Å². The molecule has 5 nitrogen and oxygen atoms in total. The second kappa shape index (κ2) is 3.49. The molecule has 2 aromatic heterocycles. The molecule has 0 aliphatic heterocycles. The monoisotopic (exact) mass is 205 g/mol. The highest BCUT2D eigenvalue weighted by atomic mass is 15.4. The van der Waals surface area contributed by atoms with Crippen molar-refractivity contribution in [3.8, 4) is 0 Å². The van der Waals surface area contributed by atoms with Crippen molar-refractivity contribution in [1.82, 2.24) is 19.2 Å². The van der Waals surface area contributed by atoms with E-state index >= 15 is 0 Å². The van der Waals surface area contributed by atoms with E-state index in [1.165, 1.54) is 0 Å². The van der Waals surface area contributed by atoms with E-state index in [2.05, 4.69) is 16.9 Å². The zero-order chi connectivity index (χ0) is 11.0. The number of aromatic nitrogens is 4. The Hall–Kier alpha value is -1.65.